The topological polar surface area (TPSA) is 26.3 Å². The second-order valence-electron chi connectivity index (χ2n) is 9.51. The van der Waals surface area contributed by atoms with Crippen LogP contribution >= 0.6 is 0 Å². The van der Waals surface area contributed by atoms with Crippen molar-refractivity contribution in [2.45, 2.75) is 93.6 Å². The van der Waals surface area contributed by atoms with Crippen LogP contribution in [0, 0.1) is 35.0 Å². The van der Waals surface area contributed by atoms with Gasteiger partial charge in [0.2, 0.25) is 0 Å². The van der Waals surface area contributed by atoms with E-state index in [1.165, 1.54) is 31.3 Å². The molecule has 0 aromatic carbocycles. The van der Waals surface area contributed by atoms with Gasteiger partial charge in [0.25, 0.3) is 0 Å². The maximum atomic E-state index is 11.6. The molecule has 0 N–H and O–H groups in total. The summed E-state index contributed by atoms with van der Waals surface area (Å²) in [6, 6.07) is 0. The Hall–Kier alpha value is -1.05. The van der Waals surface area contributed by atoms with Gasteiger partial charge >= 0.3 is 5.97 Å². The molecule has 7 unspecified atom stereocenters. The van der Waals surface area contributed by atoms with E-state index in [1.807, 2.05) is 13.8 Å². The molecular weight excluding hydrogens is 332 g/mol. The first-order chi connectivity index (χ1) is 12.7. The van der Waals surface area contributed by atoms with Crippen molar-refractivity contribution in [1.29, 1.82) is 0 Å². The number of hydrogen-bond acceptors (Lipinski definition) is 2. The summed E-state index contributed by atoms with van der Waals surface area (Å²) in [4.78, 5) is 11.6. The zero-order valence-corrected chi connectivity index (χ0v) is 19.0. The summed E-state index contributed by atoms with van der Waals surface area (Å²) in [6.45, 7) is 17.3. The first kappa shape index (κ1) is 22.2. The highest BCUT2D eigenvalue weighted by Crippen LogP contribution is 2.61. The largest absolute Gasteiger partial charge is 0.462 e. The van der Waals surface area contributed by atoms with Crippen molar-refractivity contribution in [2.75, 3.05) is 0 Å². The van der Waals surface area contributed by atoms with E-state index >= 15 is 0 Å². The lowest BCUT2D eigenvalue weighted by molar-refractivity contribution is -0.155. The van der Waals surface area contributed by atoms with Gasteiger partial charge in [-0.3, -0.25) is 4.79 Å². The number of esters is 1. The Balaban J connectivity index is 0.00000126. The van der Waals surface area contributed by atoms with Gasteiger partial charge < -0.3 is 4.74 Å². The Bertz CT molecular complexity index is 583. The van der Waals surface area contributed by atoms with Crippen molar-refractivity contribution < 1.29 is 9.53 Å². The second kappa shape index (κ2) is 8.97. The number of ether oxygens (including phenoxy) is 1. The highest BCUT2D eigenvalue weighted by Gasteiger charge is 2.56. The molecule has 154 valence electrons. The minimum absolute atomic E-state index is 0.110. The maximum Gasteiger partial charge on any atom is 0.302 e. The molecule has 2 saturated carbocycles. The van der Waals surface area contributed by atoms with E-state index in [-0.39, 0.29) is 17.5 Å². The normalized spacial score (nSPS) is 41.9. The quantitative estimate of drug-likeness (QED) is 0.464. The third kappa shape index (κ3) is 4.35. The second-order valence-corrected chi connectivity index (χ2v) is 9.51. The number of carbonyl (C=O) groups is 1. The van der Waals surface area contributed by atoms with Crippen molar-refractivity contribution in [3.05, 3.63) is 23.3 Å². The van der Waals surface area contributed by atoms with Gasteiger partial charge in [0.05, 0.1) is 0 Å². The Morgan fingerprint density at radius 3 is 2.37 bits per heavy atom. The van der Waals surface area contributed by atoms with Gasteiger partial charge in [0.1, 0.15) is 6.10 Å². The summed E-state index contributed by atoms with van der Waals surface area (Å²) in [5.41, 5.74) is 3.23. The molecule has 0 saturated heterocycles. The number of hydrogen-bond donors (Lipinski definition) is 0. The van der Waals surface area contributed by atoms with Gasteiger partial charge in [-0.25, -0.2) is 0 Å². The van der Waals surface area contributed by atoms with Crippen LogP contribution in [-0.2, 0) is 9.53 Å². The van der Waals surface area contributed by atoms with E-state index < -0.39 is 0 Å². The minimum atomic E-state index is -0.110. The molecule has 0 amide bonds. The zero-order chi connectivity index (χ0) is 20.4. The fraction of sp³-hybridized carbons (Fsp3) is 0.800. The van der Waals surface area contributed by atoms with Crippen LogP contribution in [0.3, 0.4) is 0 Å². The van der Waals surface area contributed by atoms with Gasteiger partial charge in [0.15, 0.2) is 0 Å². The molecule has 0 aromatic rings. The molecule has 2 nitrogen and oxygen atoms in total. The van der Waals surface area contributed by atoms with Gasteiger partial charge in [-0.1, -0.05) is 52.3 Å². The van der Waals surface area contributed by atoms with Crippen LogP contribution in [0.15, 0.2) is 23.3 Å². The molecule has 3 aliphatic rings. The van der Waals surface area contributed by atoms with E-state index in [0.717, 1.165) is 18.3 Å². The fourth-order valence-corrected chi connectivity index (χ4v) is 6.45. The average molecular weight is 375 g/mol. The van der Waals surface area contributed by atoms with Crippen molar-refractivity contribution in [3.8, 4) is 0 Å². The Labute approximate surface area is 167 Å². The van der Waals surface area contributed by atoms with Crippen LogP contribution in [-0.4, -0.2) is 12.1 Å². The predicted molar refractivity (Wildman–Crippen MR) is 114 cm³/mol. The molecule has 3 aliphatic carbocycles. The third-order valence-corrected chi connectivity index (χ3v) is 7.54. The van der Waals surface area contributed by atoms with Gasteiger partial charge in [-0.15, -0.1) is 0 Å². The third-order valence-electron chi connectivity index (χ3n) is 7.54. The molecule has 0 heterocycles. The minimum Gasteiger partial charge on any atom is -0.462 e. The Morgan fingerprint density at radius 1 is 1.11 bits per heavy atom. The molecule has 2 fully saturated rings. The zero-order valence-electron chi connectivity index (χ0n) is 19.0. The summed E-state index contributed by atoms with van der Waals surface area (Å²) < 4.78 is 5.79. The summed E-state index contributed by atoms with van der Waals surface area (Å²) in [5, 5.41) is 0. The molecule has 0 spiro atoms. The molecule has 0 bridgehead atoms. The number of allylic oxidation sites excluding steroid dienone is 4. The van der Waals surface area contributed by atoms with Gasteiger partial charge in [-0.2, -0.15) is 0 Å². The van der Waals surface area contributed by atoms with Crippen LogP contribution < -0.4 is 0 Å². The Morgan fingerprint density at radius 2 is 1.78 bits per heavy atom. The van der Waals surface area contributed by atoms with Crippen LogP contribution in [0.5, 0.6) is 0 Å². The molecule has 7 atom stereocenters. The molecule has 2 heteroatoms. The molecule has 3 rings (SSSR count). The van der Waals surface area contributed by atoms with E-state index in [0.29, 0.717) is 17.8 Å². The van der Waals surface area contributed by atoms with E-state index in [4.69, 9.17) is 4.74 Å². The summed E-state index contributed by atoms with van der Waals surface area (Å²) in [6.07, 6.45) is 10.9. The lowest BCUT2D eigenvalue weighted by Gasteiger charge is -2.51. The molecule has 0 radical (unpaired) electrons. The average Bonchev–Trinajstić information content (AvgIpc) is 2.91. The molecule has 0 aliphatic heterocycles. The van der Waals surface area contributed by atoms with Gasteiger partial charge in [0, 0.05) is 12.3 Å². The first-order valence-electron chi connectivity index (χ1n) is 11.3. The summed E-state index contributed by atoms with van der Waals surface area (Å²) in [5.74, 6) is 3.33. The van der Waals surface area contributed by atoms with Crippen LogP contribution in [0.4, 0.5) is 0 Å². The highest BCUT2D eigenvalue weighted by atomic mass is 16.5. The fourth-order valence-electron chi connectivity index (χ4n) is 6.45. The van der Waals surface area contributed by atoms with Crippen molar-refractivity contribution in [3.63, 3.8) is 0 Å². The molecular formula is C25H42O2. The van der Waals surface area contributed by atoms with Crippen LogP contribution in [0.1, 0.15) is 87.5 Å². The van der Waals surface area contributed by atoms with Crippen molar-refractivity contribution in [1.82, 2.24) is 0 Å². The van der Waals surface area contributed by atoms with E-state index in [1.54, 1.807) is 12.5 Å². The number of carbonyl (C=O) groups excluding carboxylic acids is 1. The number of fused-ring (bicyclic) bond motifs is 3. The predicted octanol–water partition coefficient (Wildman–Crippen LogP) is 6.96. The summed E-state index contributed by atoms with van der Waals surface area (Å²) in [7, 11) is 0. The van der Waals surface area contributed by atoms with E-state index in [2.05, 4.69) is 46.8 Å². The van der Waals surface area contributed by atoms with E-state index in [9.17, 15) is 4.79 Å². The van der Waals surface area contributed by atoms with Crippen molar-refractivity contribution in [2.24, 2.45) is 35.0 Å². The van der Waals surface area contributed by atoms with Crippen LogP contribution in [0.2, 0.25) is 0 Å². The standard InChI is InChI=1S/C23H36O2.C2H6/c1-14(2)18-8-7-15(3)13-16(4)22-19(18)11-12-23(6)20(22)9-10-21(23)25-17(5)24;1-2/h7-8,15-16,19-22H,9-13H2,1-6H3;1-2H3/b8-7-;. The lowest BCUT2D eigenvalue weighted by atomic mass is 9.54. The van der Waals surface area contributed by atoms with Gasteiger partial charge in [-0.05, 0) is 81.1 Å². The van der Waals surface area contributed by atoms with Crippen molar-refractivity contribution >= 4 is 5.97 Å². The van der Waals surface area contributed by atoms with Crippen LogP contribution in [0.25, 0.3) is 0 Å². The lowest BCUT2D eigenvalue weighted by Crippen LogP contribution is -2.47. The maximum absolute atomic E-state index is 11.6. The molecule has 0 aromatic heterocycles. The molecule has 27 heavy (non-hydrogen) atoms. The smallest absolute Gasteiger partial charge is 0.302 e. The SMILES string of the molecule is CC.CC(=O)OC1CCC2C3C(C)CC(C)/C=C\C(=C(C)C)C3CCC12C. The first-order valence-corrected chi connectivity index (χ1v) is 11.3. The monoisotopic (exact) mass is 374 g/mol. The highest BCUT2D eigenvalue weighted by molar-refractivity contribution is 5.66. The Kier molecular flexibility index (Phi) is 7.39. The summed E-state index contributed by atoms with van der Waals surface area (Å²) >= 11 is 0. The number of rotatable bonds is 1.